The van der Waals surface area contributed by atoms with Crippen molar-refractivity contribution in [2.24, 2.45) is 34.5 Å². The molecule has 5 rings (SSSR count). The molecular weight excluding hydrogens is 366 g/mol. The lowest BCUT2D eigenvalue weighted by atomic mass is 9.47. The van der Waals surface area contributed by atoms with Crippen LogP contribution in [0.4, 0.5) is 0 Å². The summed E-state index contributed by atoms with van der Waals surface area (Å²) >= 11 is 0. The summed E-state index contributed by atoms with van der Waals surface area (Å²) in [6, 6.07) is 0. The number of rotatable bonds is 6. The molecule has 0 unspecified atom stereocenters. The molecule has 30 heavy (non-hydrogen) atoms. The lowest BCUT2D eigenvalue weighted by Gasteiger charge is -2.58. The second kappa shape index (κ2) is 8.54. The molecule has 1 saturated heterocycles. The Morgan fingerprint density at radius 1 is 1.03 bits per heavy atom. The highest BCUT2D eigenvalue weighted by molar-refractivity contribution is 5.25. The normalized spacial score (nSPS) is 46.2. The number of likely N-dealkylation sites (tertiary alicyclic amines) is 1. The second-order valence-electron chi connectivity index (χ2n) is 12.1. The van der Waals surface area contributed by atoms with Crippen LogP contribution >= 0.6 is 0 Å². The molecule has 0 aromatic rings. The summed E-state index contributed by atoms with van der Waals surface area (Å²) in [7, 11) is 0. The Morgan fingerprint density at radius 2 is 1.87 bits per heavy atom. The van der Waals surface area contributed by atoms with E-state index < -0.39 is 0 Å². The van der Waals surface area contributed by atoms with Gasteiger partial charge >= 0.3 is 0 Å². The molecule has 4 fully saturated rings. The highest BCUT2D eigenvalue weighted by Gasteiger charge is 2.58. The van der Waals surface area contributed by atoms with Crippen LogP contribution in [0.1, 0.15) is 97.8 Å². The van der Waals surface area contributed by atoms with Crippen molar-refractivity contribution in [2.75, 3.05) is 26.2 Å². The average molecular weight is 414 g/mol. The van der Waals surface area contributed by atoms with Crippen LogP contribution in [0, 0.1) is 34.5 Å². The number of hydrogen-bond donors (Lipinski definition) is 0. The third-order valence-corrected chi connectivity index (χ3v) is 10.9. The molecular formula is C28H47NO. The standard InChI is InChI=1S/C28H47NO/c1-4-21-9-11-25-24-10-8-22-20-23(30-19-7-18-29-16-5-6-17-29)12-14-28(22,3)26(24)13-15-27(21,25)2/h8,21,23-26H,4-7,9-20H2,1-3H3/t21-,23+,24-,25-,26-,27+,28-/m0/s1. The summed E-state index contributed by atoms with van der Waals surface area (Å²) in [5.74, 6) is 3.90. The Morgan fingerprint density at radius 3 is 2.67 bits per heavy atom. The van der Waals surface area contributed by atoms with Crippen molar-refractivity contribution in [3.8, 4) is 0 Å². The highest BCUT2D eigenvalue weighted by atomic mass is 16.5. The van der Waals surface area contributed by atoms with Gasteiger partial charge in [-0.1, -0.05) is 38.8 Å². The fourth-order valence-electron chi connectivity index (χ4n) is 9.09. The molecule has 170 valence electrons. The summed E-state index contributed by atoms with van der Waals surface area (Å²) in [5, 5.41) is 0. The van der Waals surface area contributed by atoms with Crippen LogP contribution in [-0.4, -0.2) is 37.2 Å². The fraction of sp³-hybridized carbons (Fsp3) is 0.929. The minimum atomic E-state index is 0.476. The summed E-state index contributed by atoms with van der Waals surface area (Å²) in [5.41, 5.74) is 2.91. The minimum absolute atomic E-state index is 0.476. The van der Waals surface area contributed by atoms with Crippen LogP contribution < -0.4 is 0 Å². The van der Waals surface area contributed by atoms with Crippen LogP contribution in [0.2, 0.25) is 0 Å². The molecule has 0 amide bonds. The molecule has 0 bridgehead atoms. The quantitative estimate of drug-likeness (QED) is 0.349. The molecule has 1 aliphatic heterocycles. The molecule has 4 aliphatic carbocycles. The van der Waals surface area contributed by atoms with E-state index >= 15 is 0 Å². The van der Waals surface area contributed by atoms with Crippen LogP contribution in [0.3, 0.4) is 0 Å². The Balaban J connectivity index is 1.19. The molecule has 0 aromatic heterocycles. The maximum atomic E-state index is 6.42. The van der Waals surface area contributed by atoms with E-state index in [2.05, 4.69) is 31.7 Å². The van der Waals surface area contributed by atoms with Gasteiger partial charge in [-0.05, 0) is 118 Å². The van der Waals surface area contributed by atoms with Crippen molar-refractivity contribution in [2.45, 2.75) is 104 Å². The van der Waals surface area contributed by atoms with Crippen LogP contribution in [0.15, 0.2) is 11.6 Å². The van der Waals surface area contributed by atoms with Crippen molar-refractivity contribution < 1.29 is 4.74 Å². The van der Waals surface area contributed by atoms with Gasteiger partial charge in [-0.25, -0.2) is 0 Å². The van der Waals surface area contributed by atoms with Crippen LogP contribution in [0.5, 0.6) is 0 Å². The lowest BCUT2D eigenvalue weighted by Crippen LogP contribution is -2.50. The predicted octanol–water partition coefficient (Wildman–Crippen LogP) is 6.85. The van der Waals surface area contributed by atoms with Crippen LogP contribution in [-0.2, 0) is 4.74 Å². The van der Waals surface area contributed by atoms with E-state index in [1.165, 1.54) is 96.7 Å². The van der Waals surface area contributed by atoms with Gasteiger partial charge < -0.3 is 9.64 Å². The van der Waals surface area contributed by atoms with E-state index in [1.54, 1.807) is 5.57 Å². The largest absolute Gasteiger partial charge is 0.378 e. The predicted molar refractivity (Wildman–Crippen MR) is 126 cm³/mol. The van der Waals surface area contributed by atoms with Gasteiger partial charge in [0.15, 0.2) is 0 Å². The van der Waals surface area contributed by atoms with Gasteiger partial charge in [-0.2, -0.15) is 0 Å². The third-order valence-electron chi connectivity index (χ3n) is 10.9. The van der Waals surface area contributed by atoms with Crippen LogP contribution in [0.25, 0.3) is 0 Å². The van der Waals surface area contributed by atoms with Crippen molar-refractivity contribution >= 4 is 0 Å². The molecule has 0 N–H and O–H groups in total. The van der Waals surface area contributed by atoms with Gasteiger partial charge in [0.25, 0.3) is 0 Å². The number of nitrogens with zero attached hydrogens (tertiary/aromatic N) is 1. The zero-order chi connectivity index (χ0) is 20.8. The number of fused-ring (bicyclic) bond motifs is 5. The minimum Gasteiger partial charge on any atom is -0.378 e. The summed E-state index contributed by atoms with van der Waals surface area (Å²) < 4.78 is 6.42. The van der Waals surface area contributed by atoms with Gasteiger partial charge in [0.2, 0.25) is 0 Å². The number of allylic oxidation sites excluding steroid dienone is 1. The third kappa shape index (κ3) is 3.62. The smallest absolute Gasteiger partial charge is 0.0612 e. The lowest BCUT2D eigenvalue weighted by molar-refractivity contribution is -0.0585. The van der Waals surface area contributed by atoms with Gasteiger partial charge in [0.1, 0.15) is 0 Å². The molecule has 5 aliphatic rings. The molecule has 7 atom stereocenters. The number of hydrogen-bond acceptors (Lipinski definition) is 2. The Labute approximate surface area is 186 Å². The van der Waals surface area contributed by atoms with Crippen molar-refractivity contribution in [1.29, 1.82) is 0 Å². The topological polar surface area (TPSA) is 12.5 Å². The van der Waals surface area contributed by atoms with E-state index in [0.29, 0.717) is 16.9 Å². The van der Waals surface area contributed by atoms with Gasteiger partial charge in [0, 0.05) is 13.2 Å². The Bertz CT molecular complexity index is 637. The first kappa shape index (κ1) is 21.5. The van der Waals surface area contributed by atoms with Crippen molar-refractivity contribution in [1.82, 2.24) is 4.90 Å². The monoisotopic (exact) mass is 413 g/mol. The van der Waals surface area contributed by atoms with Gasteiger partial charge in [-0.15, -0.1) is 0 Å². The summed E-state index contributed by atoms with van der Waals surface area (Å²) in [6.07, 6.45) is 19.9. The maximum absolute atomic E-state index is 6.42. The fourth-order valence-corrected chi connectivity index (χ4v) is 9.09. The molecule has 3 saturated carbocycles. The molecule has 1 heterocycles. The molecule has 2 nitrogen and oxygen atoms in total. The van der Waals surface area contributed by atoms with Gasteiger partial charge in [0.05, 0.1) is 6.10 Å². The summed E-state index contributed by atoms with van der Waals surface area (Å²) in [6.45, 7) is 12.6. The maximum Gasteiger partial charge on any atom is 0.0612 e. The van der Waals surface area contributed by atoms with E-state index in [0.717, 1.165) is 30.3 Å². The first-order chi connectivity index (χ1) is 14.5. The molecule has 2 heteroatoms. The zero-order valence-electron chi connectivity index (χ0n) is 20.1. The Kier molecular flexibility index (Phi) is 6.12. The first-order valence-electron chi connectivity index (χ1n) is 13.6. The number of ether oxygens (including phenoxy) is 1. The van der Waals surface area contributed by atoms with Crippen molar-refractivity contribution in [3.05, 3.63) is 11.6 Å². The van der Waals surface area contributed by atoms with E-state index in [9.17, 15) is 0 Å². The highest BCUT2D eigenvalue weighted by Crippen LogP contribution is 2.66. The summed E-state index contributed by atoms with van der Waals surface area (Å²) in [4.78, 5) is 2.62. The molecule has 0 radical (unpaired) electrons. The molecule has 0 aromatic carbocycles. The van der Waals surface area contributed by atoms with E-state index in [1.807, 2.05) is 0 Å². The SMILES string of the molecule is CC[C@H]1CC[C@H]2[C@@H]3CC=C4C[C@H](OCCCN5CCCC5)CC[C@]4(C)[C@H]3CC[C@]12C. The zero-order valence-corrected chi connectivity index (χ0v) is 20.1. The van der Waals surface area contributed by atoms with E-state index in [-0.39, 0.29) is 0 Å². The first-order valence-corrected chi connectivity index (χ1v) is 13.6. The van der Waals surface area contributed by atoms with Crippen molar-refractivity contribution in [3.63, 3.8) is 0 Å². The van der Waals surface area contributed by atoms with Gasteiger partial charge in [-0.3, -0.25) is 0 Å². The molecule has 0 spiro atoms. The average Bonchev–Trinajstić information content (AvgIpc) is 3.38. The van der Waals surface area contributed by atoms with E-state index in [4.69, 9.17) is 4.74 Å². The second-order valence-corrected chi connectivity index (χ2v) is 12.1. The Hall–Kier alpha value is -0.340.